The van der Waals surface area contributed by atoms with Crippen LogP contribution in [-0.4, -0.2) is 30.1 Å². The molecule has 0 aliphatic carbocycles. The minimum atomic E-state index is -1.18. The smallest absolute Gasteiger partial charge is 0.315 e. The van der Waals surface area contributed by atoms with Crippen LogP contribution >= 0.6 is 11.3 Å². The molecule has 5 nitrogen and oxygen atoms in total. The van der Waals surface area contributed by atoms with Crippen LogP contribution in [0.4, 0.5) is 4.79 Å². The molecule has 2 aliphatic rings. The van der Waals surface area contributed by atoms with Gasteiger partial charge in [-0.05, 0) is 22.6 Å². The zero-order valence-electron chi connectivity index (χ0n) is 16.6. The highest BCUT2D eigenvalue weighted by Gasteiger charge is 2.55. The first kappa shape index (κ1) is 19.0. The number of hydrogen-bond donors (Lipinski definition) is 2. The van der Waals surface area contributed by atoms with Crippen molar-refractivity contribution in [1.29, 1.82) is 0 Å². The summed E-state index contributed by atoms with van der Waals surface area (Å²) in [5.41, 5.74) is 0.378. The molecule has 0 spiro atoms. The molecule has 30 heavy (non-hydrogen) atoms. The zero-order valence-corrected chi connectivity index (χ0v) is 17.4. The number of likely N-dealkylation sites (tertiary alicyclic amines) is 1. The van der Waals surface area contributed by atoms with Gasteiger partial charge < -0.3 is 10.2 Å². The van der Waals surface area contributed by atoms with Crippen molar-refractivity contribution in [3.63, 3.8) is 0 Å². The molecule has 2 atom stereocenters. The molecule has 2 aliphatic heterocycles. The van der Waals surface area contributed by atoms with E-state index in [1.165, 1.54) is 14.7 Å². The molecule has 5 rings (SSSR count). The molecule has 2 aromatic carbocycles. The summed E-state index contributed by atoms with van der Waals surface area (Å²) in [5.74, 6) is -0.200. The van der Waals surface area contributed by atoms with Gasteiger partial charge in [-0.25, -0.2) is 9.69 Å². The molecule has 2 saturated heterocycles. The fourth-order valence-corrected chi connectivity index (χ4v) is 5.71. The van der Waals surface area contributed by atoms with Crippen LogP contribution in [0.3, 0.4) is 0 Å². The van der Waals surface area contributed by atoms with Crippen molar-refractivity contribution < 1.29 is 14.5 Å². The highest BCUT2D eigenvalue weighted by atomic mass is 32.1. The number of carbonyl (C=O) groups is 2. The molecule has 0 saturated carbocycles. The first-order chi connectivity index (χ1) is 14.7. The number of urea groups is 1. The maximum absolute atomic E-state index is 13.9. The van der Waals surface area contributed by atoms with Crippen molar-refractivity contribution in [2.45, 2.75) is 24.4 Å². The molecular formula is C24H24N3O2S+. The number of quaternary nitrogens is 1. The molecule has 2 N–H and O–H groups in total. The van der Waals surface area contributed by atoms with Gasteiger partial charge >= 0.3 is 6.03 Å². The normalized spacial score (nSPS) is 23.0. The molecule has 3 aromatic rings. The summed E-state index contributed by atoms with van der Waals surface area (Å²) in [7, 11) is 0. The van der Waals surface area contributed by atoms with Gasteiger partial charge in [-0.1, -0.05) is 66.7 Å². The van der Waals surface area contributed by atoms with Crippen LogP contribution in [0.15, 0.2) is 78.2 Å². The van der Waals surface area contributed by atoms with Crippen molar-refractivity contribution in [3.8, 4) is 0 Å². The summed E-state index contributed by atoms with van der Waals surface area (Å²) in [6.45, 7) is 1.35. The lowest BCUT2D eigenvalue weighted by atomic mass is 9.83. The number of carbonyl (C=O) groups excluding carboxylic acids is 2. The fraction of sp³-hybridized carbons (Fsp3) is 0.250. The Kier molecular flexibility index (Phi) is 4.89. The molecular weight excluding hydrogens is 394 g/mol. The summed E-state index contributed by atoms with van der Waals surface area (Å²) in [6, 6.07) is 23.3. The Labute approximate surface area is 179 Å². The van der Waals surface area contributed by atoms with Crippen molar-refractivity contribution in [2.75, 3.05) is 13.2 Å². The second-order valence-corrected chi connectivity index (χ2v) is 8.90. The third-order valence-electron chi connectivity index (χ3n) is 6.25. The quantitative estimate of drug-likeness (QED) is 0.626. The van der Waals surface area contributed by atoms with Gasteiger partial charge in [0.05, 0.1) is 11.4 Å². The molecule has 3 amide bonds. The average Bonchev–Trinajstić information content (AvgIpc) is 3.52. The van der Waals surface area contributed by atoms with Gasteiger partial charge in [0.1, 0.15) is 6.04 Å². The topological polar surface area (TPSA) is 53.9 Å². The zero-order chi connectivity index (χ0) is 20.6. The lowest BCUT2D eigenvalue weighted by Gasteiger charge is -2.29. The van der Waals surface area contributed by atoms with E-state index < -0.39 is 5.54 Å². The molecule has 0 bridgehead atoms. The highest BCUT2D eigenvalue weighted by Crippen LogP contribution is 2.35. The first-order valence-corrected chi connectivity index (χ1v) is 11.2. The SMILES string of the molecule is O=C1NC(c2ccccc2)(c2ccccc2)C(=O)N1C[NH+]1CCC[C@@H]1c1cccs1. The third kappa shape index (κ3) is 3.04. The Morgan fingerprint density at radius 1 is 0.967 bits per heavy atom. The minimum absolute atomic E-state index is 0.200. The largest absolute Gasteiger partial charge is 0.330 e. The van der Waals surface area contributed by atoms with E-state index in [1.807, 2.05) is 60.7 Å². The van der Waals surface area contributed by atoms with Crippen LogP contribution in [0, 0.1) is 0 Å². The highest BCUT2D eigenvalue weighted by molar-refractivity contribution is 7.10. The number of imide groups is 1. The Bertz CT molecular complexity index is 997. The number of hydrogen-bond acceptors (Lipinski definition) is 3. The minimum Gasteiger partial charge on any atom is -0.315 e. The van der Waals surface area contributed by atoms with E-state index in [1.54, 1.807) is 11.3 Å². The van der Waals surface area contributed by atoms with Gasteiger partial charge in [0, 0.05) is 12.8 Å². The van der Waals surface area contributed by atoms with Crippen molar-refractivity contribution >= 4 is 23.3 Å². The molecule has 1 unspecified atom stereocenters. The van der Waals surface area contributed by atoms with Crippen LogP contribution in [0.5, 0.6) is 0 Å². The van der Waals surface area contributed by atoms with Crippen molar-refractivity contribution in [1.82, 2.24) is 10.2 Å². The van der Waals surface area contributed by atoms with Crippen LogP contribution < -0.4 is 10.2 Å². The van der Waals surface area contributed by atoms with Crippen molar-refractivity contribution in [3.05, 3.63) is 94.2 Å². The van der Waals surface area contributed by atoms with E-state index in [-0.39, 0.29) is 11.9 Å². The second kappa shape index (κ2) is 7.70. The Morgan fingerprint density at radius 3 is 2.23 bits per heavy atom. The van der Waals surface area contributed by atoms with Gasteiger partial charge in [-0.2, -0.15) is 0 Å². The van der Waals surface area contributed by atoms with Gasteiger partial charge in [0.2, 0.25) is 0 Å². The summed E-state index contributed by atoms with van der Waals surface area (Å²) in [6.07, 6.45) is 2.19. The number of rotatable bonds is 5. The van der Waals surface area contributed by atoms with Gasteiger partial charge in [0.25, 0.3) is 5.91 Å². The summed E-state index contributed by atoms with van der Waals surface area (Å²) < 4.78 is 0. The summed E-state index contributed by atoms with van der Waals surface area (Å²) in [5, 5.41) is 5.14. The first-order valence-electron chi connectivity index (χ1n) is 10.3. The molecule has 0 radical (unpaired) electrons. The fourth-order valence-electron chi connectivity index (χ4n) is 4.79. The summed E-state index contributed by atoms with van der Waals surface area (Å²) in [4.78, 5) is 31.0. The second-order valence-electron chi connectivity index (χ2n) is 7.92. The van der Waals surface area contributed by atoms with Crippen molar-refractivity contribution in [2.24, 2.45) is 0 Å². The van der Waals surface area contributed by atoms with Crippen LogP contribution in [-0.2, 0) is 10.3 Å². The van der Waals surface area contributed by atoms with E-state index in [0.717, 1.165) is 30.5 Å². The van der Waals surface area contributed by atoms with Crippen LogP contribution in [0.25, 0.3) is 0 Å². The van der Waals surface area contributed by atoms with E-state index in [0.29, 0.717) is 12.7 Å². The molecule has 152 valence electrons. The predicted molar refractivity (Wildman–Crippen MR) is 116 cm³/mol. The number of nitrogens with zero attached hydrogens (tertiary/aromatic N) is 1. The van der Waals surface area contributed by atoms with E-state index in [4.69, 9.17) is 0 Å². The standard InChI is InChI=1S/C24H23N3O2S/c28-22-24(18-9-3-1-4-10-18,19-11-5-2-6-12-19)25-23(29)27(22)17-26-15-7-13-20(26)21-14-8-16-30-21/h1-6,8-12,14,16,20H,7,13,15,17H2,(H,25,29)/p+1/t20-/m1/s1. The summed E-state index contributed by atoms with van der Waals surface area (Å²) >= 11 is 1.75. The third-order valence-corrected chi connectivity index (χ3v) is 7.24. The lowest BCUT2D eigenvalue weighted by Crippen LogP contribution is -3.12. The molecule has 6 heteroatoms. The average molecular weight is 419 g/mol. The van der Waals surface area contributed by atoms with Gasteiger partial charge in [-0.15, -0.1) is 11.3 Å². The molecule has 3 heterocycles. The Balaban J connectivity index is 1.50. The molecule has 1 aromatic heterocycles. The number of thiophene rings is 1. The maximum atomic E-state index is 13.9. The maximum Gasteiger partial charge on any atom is 0.330 e. The van der Waals surface area contributed by atoms with Crippen LogP contribution in [0.1, 0.15) is 34.9 Å². The van der Waals surface area contributed by atoms with E-state index in [2.05, 4.69) is 22.8 Å². The number of benzene rings is 2. The number of nitrogens with one attached hydrogen (secondary N) is 2. The predicted octanol–water partition coefficient (Wildman–Crippen LogP) is 2.92. The van der Waals surface area contributed by atoms with Crippen LogP contribution in [0.2, 0.25) is 0 Å². The van der Waals surface area contributed by atoms with Gasteiger partial charge in [-0.3, -0.25) is 4.79 Å². The Morgan fingerprint density at radius 2 is 1.63 bits per heavy atom. The molecule has 2 fully saturated rings. The van der Waals surface area contributed by atoms with E-state index >= 15 is 0 Å². The van der Waals surface area contributed by atoms with E-state index in [9.17, 15) is 9.59 Å². The van der Waals surface area contributed by atoms with Gasteiger partial charge in [0.15, 0.2) is 12.2 Å². The monoisotopic (exact) mass is 418 g/mol. The Hall–Kier alpha value is -2.96. The lowest BCUT2D eigenvalue weighted by molar-refractivity contribution is -0.925. The number of amides is 3.